The average molecular weight is 629 g/mol. The maximum absolute atomic E-state index is 10.5. The van der Waals surface area contributed by atoms with Gasteiger partial charge in [-0.3, -0.25) is 0 Å². The normalized spacial score (nSPS) is 13.3. The van der Waals surface area contributed by atoms with Crippen LogP contribution in [0.5, 0.6) is 0 Å². The van der Waals surface area contributed by atoms with Crippen LogP contribution in [0.25, 0.3) is 0 Å². The molecule has 0 atom stereocenters. The van der Waals surface area contributed by atoms with E-state index in [-0.39, 0.29) is 5.69 Å². The van der Waals surface area contributed by atoms with Crippen molar-refractivity contribution < 1.29 is 18.4 Å². The van der Waals surface area contributed by atoms with E-state index in [4.69, 9.17) is 19.4 Å². The van der Waals surface area contributed by atoms with E-state index in [0.717, 1.165) is 24.2 Å². The van der Waals surface area contributed by atoms with E-state index in [1.54, 1.807) is 10.7 Å². The molecule has 4 rings (SSSR count). The van der Waals surface area contributed by atoms with Gasteiger partial charge >= 0.3 is 94.5 Å². The molecule has 0 radical (unpaired) electrons. The van der Waals surface area contributed by atoms with Gasteiger partial charge in [0.25, 0.3) is 0 Å². The summed E-state index contributed by atoms with van der Waals surface area (Å²) in [5, 5.41) is 10.5. The van der Waals surface area contributed by atoms with Crippen molar-refractivity contribution in [2.45, 2.75) is 48.5 Å². The Hall–Kier alpha value is -2.27. The van der Waals surface area contributed by atoms with Crippen molar-refractivity contribution in [3.8, 4) is 0 Å². The number of nitro benzene ring substituents is 1. The Morgan fingerprint density at radius 1 is 0.784 bits per heavy atom. The van der Waals surface area contributed by atoms with Gasteiger partial charge in [0.05, 0.1) is 0 Å². The van der Waals surface area contributed by atoms with Gasteiger partial charge in [0.15, 0.2) is 0 Å². The number of benzene rings is 3. The van der Waals surface area contributed by atoms with Crippen LogP contribution in [0.4, 0.5) is 17.1 Å². The van der Waals surface area contributed by atoms with Crippen LogP contribution in [0.2, 0.25) is 0 Å². The Morgan fingerprint density at radius 2 is 1.22 bits per heavy atom. The van der Waals surface area contributed by atoms with E-state index in [2.05, 4.69) is 82.3 Å². The Bertz CT molecular complexity index is 1240. The summed E-state index contributed by atoms with van der Waals surface area (Å²) in [5.41, 5.74) is 12.6. The molecule has 0 N–H and O–H groups in total. The molecule has 1 saturated heterocycles. The predicted octanol–water partition coefficient (Wildman–Crippen LogP) is 7.96. The molecule has 200 valence electrons. The number of hydrogen-bond acceptors (Lipinski definition) is 4. The van der Waals surface area contributed by atoms with Crippen molar-refractivity contribution >= 4 is 41.1 Å². The van der Waals surface area contributed by atoms with Crippen LogP contribution in [0.3, 0.4) is 0 Å². The maximum atomic E-state index is 10.5. The van der Waals surface area contributed by atoms with Crippen molar-refractivity contribution in [1.29, 1.82) is 0 Å². The third-order valence-electron chi connectivity index (χ3n) is 6.37. The first-order valence-corrected chi connectivity index (χ1v) is 17.5. The molecule has 0 aliphatic carbocycles. The summed E-state index contributed by atoms with van der Waals surface area (Å²) < 4.78 is 1.70. The number of nitrogens with zero attached hydrogens (tertiary/aromatic N) is 3. The summed E-state index contributed by atoms with van der Waals surface area (Å²) in [5.74, 6) is 0. The molecular weight excluding hydrogens is 594 g/mol. The van der Waals surface area contributed by atoms with E-state index in [9.17, 15) is 10.1 Å². The molecule has 3 aromatic carbocycles. The SMILES string of the molecule is Cc1cc(C)c(N2[CH-]N(c3c(C)cc(C)cc3C)CC2)c(C)c1.Cc1ccc([N+](=O)[O-])cc1[CH]=[Ru]([Cl])[Cl]. The van der Waals surface area contributed by atoms with Crippen LogP contribution in [-0.2, 0) is 13.5 Å². The van der Waals surface area contributed by atoms with Gasteiger partial charge in [-0.05, 0) is 63.8 Å². The fourth-order valence-electron chi connectivity index (χ4n) is 5.02. The van der Waals surface area contributed by atoms with Gasteiger partial charge in [0, 0.05) is 24.5 Å². The molecule has 0 unspecified atom stereocenters. The Kier molecular flexibility index (Phi) is 9.91. The van der Waals surface area contributed by atoms with Crippen LogP contribution in [-0.4, -0.2) is 22.6 Å². The molecule has 0 amide bonds. The zero-order chi connectivity index (χ0) is 27.4. The third kappa shape index (κ3) is 7.40. The molecule has 1 aliphatic rings. The molecule has 0 spiro atoms. The van der Waals surface area contributed by atoms with E-state index in [0.29, 0.717) is 0 Å². The van der Waals surface area contributed by atoms with Crippen molar-refractivity contribution in [2.24, 2.45) is 0 Å². The van der Waals surface area contributed by atoms with Gasteiger partial charge in [0.2, 0.25) is 0 Å². The Balaban J connectivity index is 0.000000233. The summed E-state index contributed by atoms with van der Waals surface area (Å²) in [6.07, 6.45) is 0. The number of aryl methyl sites for hydroxylation is 7. The van der Waals surface area contributed by atoms with Crippen molar-refractivity contribution in [3.05, 3.63) is 104 Å². The summed E-state index contributed by atoms with van der Waals surface area (Å²) in [4.78, 5) is 14.9. The molecule has 37 heavy (non-hydrogen) atoms. The van der Waals surface area contributed by atoms with Gasteiger partial charge in [-0.25, -0.2) is 0 Å². The topological polar surface area (TPSA) is 49.6 Å². The first kappa shape index (κ1) is 29.3. The number of hydrogen-bond donors (Lipinski definition) is 0. The number of rotatable bonds is 4. The van der Waals surface area contributed by atoms with Gasteiger partial charge < -0.3 is 9.80 Å². The second-order valence-corrected chi connectivity index (χ2v) is 15.3. The van der Waals surface area contributed by atoms with Crippen LogP contribution < -0.4 is 9.80 Å². The third-order valence-corrected chi connectivity index (χ3v) is 8.20. The van der Waals surface area contributed by atoms with Gasteiger partial charge in [0.1, 0.15) is 0 Å². The quantitative estimate of drug-likeness (QED) is 0.127. The molecular formula is C29H34Cl2N3O2Ru-. The second kappa shape index (κ2) is 12.5. The Morgan fingerprint density at radius 3 is 1.59 bits per heavy atom. The standard InChI is InChI=1S/C21H27N2.C8H7NO2.2ClH.Ru/c1-14-9-16(3)20(17(4)10-14)22-7-8-23(13-22)21-18(5)11-15(2)12-19(21)6;1-6-3-4-8(9(10)11)5-7(6)2;;;/h9-13H,7-8H2,1-6H3;2-5H,1H3;2*1H;/q-1;;;;+2/p-2. The molecule has 0 bridgehead atoms. The Labute approximate surface area is 233 Å². The molecule has 1 heterocycles. The van der Waals surface area contributed by atoms with Crippen LogP contribution in [0.15, 0.2) is 42.5 Å². The minimum absolute atomic E-state index is 0.0607. The second-order valence-electron chi connectivity index (χ2n) is 9.60. The molecule has 1 aliphatic heterocycles. The molecule has 8 heteroatoms. The van der Waals surface area contributed by atoms with Gasteiger partial charge in [-0.15, -0.1) is 0 Å². The number of anilines is 2. The van der Waals surface area contributed by atoms with E-state index < -0.39 is 18.4 Å². The van der Waals surface area contributed by atoms with E-state index >= 15 is 0 Å². The number of non-ortho nitro benzene ring substituents is 1. The van der Waals surface area contributed by atoms with E-state index in [1.165, 1.54) is 56.9 Å². The molecule has 0 aromatic heterocycles. The van der Waals surface area contributed by atoms with Crippen molar-refractivity contribution in [3.63, 3.8) is 0 Å². The number of halogens is 2. The summed E-state index contributed by atoms with van der Waals surface area (Å²) in [6, 6.07) is 13.8. The molecule has 5 nitrogen and oxygen atoms in total. The summed E-state index contributed by atoms with van der Waals surface area (Å²) in [6.45, 7) is 19.4. The summed E-state index contributed by atoms with van der Waals surface area (Å²) >= 11 is -1.92. The zero-order valence-corrected chi connectivity index (χ0v) is 25.6. The van der Waals surface area contributed by atoms with Crippen LogP contribution >= 0.6 is 19.4 Å². The average Bonchev–Trinajstić information content (AvgIpc) is 3.22. The van der Waals surface area contributed by atoms with Crippen LogP contribution in [0.1, 0.15) is 44.5 Å². The zero-order valence-electron chi connectivity index (χ0n) is 22.4. The first-order chi connectivity index (χ1) is 17.4. The van der Waals surface area contributed by atoms with Crippen LogP contribution in [0, 0.1) is 65.2 Å². The molecule has 0 saturated carbocycles. The molecule has 3 aromatic rings. The fraction of sp³-hybridized carbons (Fsp3) is 0.310. The molecule has 1 fully saturated rings. The first-order valence-electron chi connectivity index (χ1n) is 12.0. The van der Waals surface area contributed by atoms with Crippen molar-refractivity contribution in [2.75, 3.05) is 22.9 Å². The summed E-state index contributed by atoms with van der Waals surface area (Å²) in [7, 11) is 11.4. The predicted molar refractivity (Wildman–Crippen MR) is 155 cm³/mol. The van der Waals surface area contributed by atoms with Crippen molar-refractivity contribution in [1.82, 2.24) is 0 Å². The van der Waals surface area contributed by atoms with Gasteiger partial charge in [-0.2, -0.15) is 6.67 Å². The minimum atomic E-state index is -1.92. The van der Waals surface area contributed by atoms with E-state index in [1.807, 2.05) is 6.92 Å². The fourth-order valence-corrected chi connectivity index (χ4v) is 6.96. The number of nitro groups is 1. The van der Waals surface area contributed by atoms with Gasteiger partial charge in [-0.1, -0.05) is 35.4 Å². The monoisotopic (exact) mass is 628 g/mol.